The van der Waals surface area contributed by atoms with Crippen LogP contribution in [-0.4, -0.2) is 16.7 Å². The molecule has 1 N–H and O–H groups in total. The molecule has 1 amide bonds. The van der Waals surface area contributed by atoms with E-state index in [1.807, 2.05) is 26.0 Å². The molecule has 3 rings (SSSR count). The second-order valence-corrected chi connectivity index (χ2v) is 6.56. The molecule has 0 aliphatic carbocycles. The van der Waals surface area contributed by atoms with Gasteiger partial charge in [-0.3, -0.25) is 9.59 Å². The molecule has 0 spiro atoms. The van der Waals surface area contributed by atoms with Crippen LogP contribution in [0.3, 0.4) is 0 Å². The van der Waals surface area contributed by atoms with E-state index in [0.29, 0.717) is 24.8 Å². The summed E-state index contributed by atoms with van der Waals surface area (Å²) in [5, 5.41) is 3.69. The highest BCUT2D eigenvalue weighted by atomic mass is 32.2. The van der Waals surface area contributed by atoms with Gasteiger partial charge in [-0.25, -0.2) is 0 Å². The third-order valence-electron chi connectivity index (χ3n) is 3.71. The predicted octanol–water partition coefficient (Wildman–Crippen LogP) is 2.88. The number of Topliss-reactive ketones (excluding diaryl/α,β-unsaturated/α-hetero) is 1. The molecule has 0 unspecified atom stereocenters. The highest BCUT2D eigenvalue weighted by Crippen LogP contribution is 2.28. The van der Waals surface area contributed by atoms with Crippen molar-refractivity contribution in [2.75, 3.05) is 5.32 Å². The van der Waals surface area contributed by atoms with Crippen LogP contribution in [0.4, 0.5) is 5.69 Å². The molecule has 5 heteroatoms. The first-order chi connectivity index (χ1) is 10.0. The zero-order chi connectivity index (χ0) is 15.0. The van der Waals surface area contributed by atoms with Gasteiger partial charge in [0.1, 0.15) is 6.42 Å². The lowest BCUT2D eigenvalue weighted by atomic mass is 9.98. The Morgan fingerprint density at radius 2 is 2.14 bits per heavy atom. The summed E-state index contributed by atoms with van der Waals surface area (Å²) in [6.45, 7) is 3.98. The molecule has 1 aromatic carbocycles. The second-order valence-electron chi connectivity index (χ2n) is 5.27. The summed E-state index contributed by atoms with van der Waals surface area (Å²) in [6.07, 6.45) is 1.51. The van der Waals surface area contributed by atoms with Crippen LogP contribution in [0.5, 0.6) is 0 Å². The maximum atomic E-state index is 12.4. The number of benzene rings is 1. The molecule has 2 aliphatic heterocycles. The van der Waals surface area contributed by atoms with Crippen molar-refractivity contribution in [2.24, 2.45) is 0 Å². The summed E-state index contributed by atoms with van der Waals surface area (Å²) in [5.41, 5.74) is 3.54. The Kier molecular flexibility index (Phi) is 3.68. The molecule has 107 valence electrons. The lowest BCUT2D eigenvalue weighted by Crippen LogP contribution is -2.19. The summed E-state index contributed by atoms with van der Waals surface area (Å²) in [7, 11) is 0. The van der Waals surface area contributed by atoms with E-state index in [1.54, 1.807) is 17.8 Å². The fourth-order valence-corrected chi connectivity index (χ4v) is 3.34. The Labute approximate surface area is 127 Å². The SMILES string of the molecule is CC1=C(C)SC(CC(=O)c2ccc3c(c2)CCC(=O)N3)=[N+]1. The molecule has 0 fully saturated rings. The van der Waals surface area contributed by atoms with E-state index in [2.05, 4.69) is 10.3 Å². The monoisotopic (exact) mass is 300 g/mol. The number of carbonyl (C=O) groups excluding carboxylic acids is 2. The van der Waals surface area contributed by atoms with E-state index in [9.17, 15) is 9.59 Å². The van der Waals surface area contributed by atoms with Gasteiger partial charge in [0.05, 0.1) is 9.90 Å². The van der Waals surface area contributed by atoms with Crippen molar-refractivity contribution in [3.8, 4) is 0 Å². The number of hydrogen-bond donors (Lipinski definition) is 1. The van der Waals surface area contributed by atoms with Crippen LogP contribution in [-0.2, 0) is 11.2 Å². The van der Waals surface area contributed by atoms with Crippen molar-refractivity contribution in [3.63, 3.8) is 0 Å². The summed E-state index contributed by atoms with van der Waals surface area (Å²) in [4.78, 5) is 29.3. The Balaban J connectivity index is 1.74. The van der Waals surface area contributed by atoms with Gasteiger partial charge in [-0.1, -0.05) is 0 Å². The van der Waals surface area contributed by atoms with E-state index >= 15 is 0 Å². The Morgan fingerprint density at radius 1 is 1.33 bits per heavy atom. The zero-order valence-corrected chi connectivity index (χ0v) is 12.8. The highest BCUT2D eigenvalue weighted by Gasteiger charge is 2.28. The zero-order valence-electron chi connectivity index (χ0n) is 12.0. The number of aliphatic imine (C=N–C) groups is 1. The second kappa shape index (κ2) is 5.48. The largest absolute Gasteiger partial charge is 0.326 e. The molecule has 0 aromatic heterocycles. The average molecular weight is 300 g/mol. The van der Waals surface area contributed by atoms with Crippen molar-refractivity contribution < 1.29 is 9.59 Å². The number of fused-ring (bicyclic) bond motifs is 1. The molecule has 2 aliphatic rings. The maximum absolute atomic E-state index is 12.4. The molecule has 2 heterocycles. The minimum atomic E-state index is 0.0373. The van der Waals surface area contributed by atoms with Crippen molar-refractivity contribution in [1.29, 1.82) is 0 Å². The smallest absolute Gasteiger partial charge is 0.300 e. The Hall–Kier alpha value is -1.88. The normalized spacial score (nSPS) is 17.4. The fraction of sp³-hybridized carbons (Fsp3) is 0.312. The molecule has 1 radical (unpaired) electrons. The molecule has 4 nitrogen and oxygen atoms in total. The van der Waals surface area contributed by atoms with Gasteiger partial charge >= 0.3 is 0 Å². The number of hydrogen-bond acceptors (Lipinski definition) is 4. The summed E-state index contributed by atoms with van der Waals surface area (Å²) in [5.74, 6) is 0.110. The van der Waals surface area contributed by atoms with Crippen LogP contribution in [0.2, 0.25) is 0 Å². The van der Waals surface area contributed by atoms with Crippen LogP contribution in [0.15, 0.2) is 28.8 Å². The Bertz CT molecular complexity index is 704. The molecule has 0 saturated heterocycles. The molecule has 0 saturated carbocycles. The number of carbonyl (C=O) groups is 2. The first-order valence-corrected chi connectivity index (χ1v) is 7.73. The Morgan fingerprint density at radius 3 is 2.86 bits per heavy atom. The average Bonchev–Trinajstić information content (AvgIpc) is 2.76. The number of rotatable bonds is 3. The van der Waals surface area contributed by atoms with Gasteiger partial charge in [-0.05, 0) is 48.9 Å². The summed E-state index contributed by atoms with van der Waals surface area (Å²) < 4.78 is 0. The van der Waals surface area contributed by atoms with Crippen molar-refractivity contribution >= 4 is 34.2 Å². The number of nitrogens with zero attached hydrogens (tertiary/aromatic N) is 1. The molecular formula is C16H16N2O2S+. The number of allylic oxidation sites excluding steroid dienone is 2. The van der Waals surface area contributed by atoms with E-state index in [1.165, 1.54) is 0 Å². The van der Waals surface area contributed by atoms with Crippen LogP contribution in [0, 0.1) is 0 Å². The number of anilines is 1. The van der Waals surface area contributed by atoms with Crippen LogP contribution < -0.4 is 10.3 Å². The van der Waals surface area contributed by atoms with Gasteiger partial charge in [0.25, 0.3) is 10.7 Å². The van der Waals surface area contributed by atoms with Crippen LogP contribution >= 0.6 is 11.8 Å². The maximum Gasteiger partial charge on any atom is 0.300 e. The minimum Gasteiger partial charge on any atom is -0.326 e. The number of aryl methyl sites for hydroxylation is 1. The lowest BCUT2D eigenvalue weighted by molar-refractivity contribution is -0.116. The molecule has 0 bridgehead atoms. The molecule has 1 aromatic rings. The van der Waals surface area contributed by atoms with Gasteiger partial charge in [0.15, 0.2) is 5.78 Å². The highest BCUT2D eigenvalue weighted by molar-refractivity contribution is 8.17. The topological polar surface area (TPSA) is 60.3 Å². The minimum absolute atomic E-state index is 0.0373. The molecule has 21 heavy (non-hydrogen) atoms. The fourth-order valence-electron chi connectivity index (χ4n) is 2.41. The van der Waals surface area contributed by atoms with E-state index in [4.69, 9.17) is 0 Å². The first kappa shape index (κ1) is 14.1. The summed E-state index contributed by atoms with van der Waals surface area (Å²) in [6, 6.07) is 5.49. The summed E-state index contributed by atoms with van der Waals surface area (Å²) >= 11 is 1.58. The van der Waals surface area contributed by atoms with Gasteiger partial charge in [-0.2, -0.15) is 0 Å². The van der Waals surface area contributed by atoms with Crippen molar-refractivity contribution in [3.05, 3.63) is 39.9 Å². The van der Waals surface area contributed by atoms with Crippen molar-refractivity contribution in [2.45, 2.75) is 33.1 Å². The van der Waals surface area contributed by atoms with E-state index in [-0.39, 0.29) is 11.7 Å². The first-order valence-electron chi connectivity index (χ1n) is 6.92. The molecule has 0 atom stereocenters. The predicted molar refractivity (Wildman–Crippen MR) is 85.4 cm³/mol. The third kappa shape index (κ3) is 2.93. The third-order valence-corrected chi connectivity index (χ3v) is 4.78. The number of ketones is 1. The van der Waals surface area contributed by atoms with Gasteiger partial charge in [0, 0.05) is 24.6 Å². The number of nitrogens with one attached hydrogen (secondary N) is 1. The van der Waals surface area contributed by atoms with E-state index in [0.717, 1.165) is 26.9 Å². The number of thioether (sulfide) groups is 1. The molecular weight excluding hydrogens is 284 g/mol. The van der Waals surface area contributed by atoms with Crippen LogP contribution in [0.25, 0.3) is 0 Å². The van der Waals surface area contributed by atoms with E-state index < -0.39 is 0 Å². The van der Waals surface area contributed by atoms with Crippen molar-refractivity contribution in [1.82, 2.24) is 4.99 Å². The number of amides is 1. The quantitative estimate of drug-likeness (QED) is 0.873. The standard InChI is InChI=1S/C16H16N2O2S/c1-9-10(2)21-16(17-9)8-14(19)12-3-5-13-11(7-12)4-6-15(20)18-13/h3,5,7H,4,6,8H2,1-2H3,(H,18,20)/q+1. The lowest BCUT2D eigenvalue weighted by Gasteiger charge is -2.17. The van der Waals surface area contributed by atoms with Gasteiger partial charge in [0.2, 0.25) is 5.91 Å². The van der Waals surface area contributed by atoms with Gasteiger partial charge in [-0.15, -0.1) is 0 Å². The van der Waals surface area contributed by atoms with Gasteiger partial charge < -0.3 is 5.32 Å². The van der Waals surface area contributed by atoms with Crippen LogP contribution in [0.1, 0.15) is 42.6 Å².